The molecule has 1 aromatic carbocycles. The Morgan fingerprint density at radius 1 is 1.04 bits per heavy atom. The largest absolute Gasteiger partial charge is 0.357 e. The second-order valence-corrected chi connectivity index (χ2v) is 7.97. The van der Waals surface area contributed by atoms with Crippen LogP contribution in [-0.2, 0) is 15.4 Å². The van der Waals surface area contributed by atoms with Crippen molar-refractivity contribution in [3.05, 3.63) is 35.9 Å². The van der Waals surface area contributed by atoms with E-state index < -0.39 is 10.0 Å². The third-order valence-corrected chi connectivity index (χ3v) is 5.13. The van der Waals surface area contributed by atoms with Crippen LogP contribution in [0.5, 0.6) is 0 Å². The second-order valence-electron chi connectivity index (χ2n) is 6.14. The molecule has 0 aliphatic heterocycles. The molecule has 0 saturated carbocycles. The van der Waals surface area contributed by atoms with Crippen LogP contribution in [0.4, 0.5) is 0 Å². The van der Waals surface area contributed by atoms with E-state index in [1.807, 2.05) is 13.0 Å². The molecule has 0 unspecified atom stereocenters. The monoisotopic (exact) mass is 368 g/mol. The minimum atomic E-state index is -3.16. The first-order valence-electron chi connectivity index (χ1n) is 8.89. The first-order valence-corrected chi connectivity index (χ1v) is 10.8. The number of nitrogens with zero attached hydrogens (tertiary/aromatic N) is 1. The summed E-state index contributed by atoms with van der Waals surface area (Å²) < 4.78 is 24.7. The molecule has 25 heavy (non-hydrogen) atoms. The third-order valence-electron chi connectivity index (χ3n) is 4.41. The maximum atomic E-state index is 11.1. The summed E-state index contributed by atoms with van der Waals surface area (Å²) in [6, 6.07) is 10.5. The highest BCUT2D eigenvalue weighted by Crippen LogP contribution is 2.31. The lowest BCUT2D eigenvalue weighted by atomic mass is 9.76. The molecule has 3 N–H and O–H groups in total. The molecule has 0 heterocycles. The lowest BCUT2D eigenvalue weighted by Crippen LogP contribution is -2.42. The Hall–Kier alpha value is -1.60. The summed E-state index contributed by atoms with van der Waals surface area (Å²) in [7, 11) is -3.16. The quantitative estimate of drug-likeness (QED) is 0.334. The van der Waals surface area contributed by atoms with Crippen LogP contribution < -0.4 is 15.4 Å². The first-order chi connectivity index (χ1) is 11.9. The number of rotatable bonds is 10. The van der Waals surface area contributed by atoms with Crippen LogP contribution in [0.25, 0.3) is 0 Å². The van der Waals surface area contributed by atoms with E-state index in [-0.39, 0.29) is 5.41 Å². The Labute approximate surface area is 152 Å². The summed E-state index contributed by atoms with van der Waals surface area (Å²) in [4.78, 5) is 4.76. The summed E-state index contributed by atoms with van der Waals surface area (Å²) in [5.74, 6) is 0.708. The Bertz CT molecular complexity index is 626. The molecule has 1 rings (SSSR count). The van der Waals surface area contributed by atoms with Gasteiger partial charge in [-0.2, -0.15) is 0 Å². The van der Waals surface area contributed by atoms with Gasteiger partial charge in [0.2, 0.25) is 10.0 Å². The Kier molecular flexibility index (Phi) is 8.92. The highest BCUT2D eigenvalue weighted by molar-refractivity contribution is 7.88. The van der Waals surface area contributed by atoms with Crippen LogP contribution in [-0.4, -0.2) is 46.8 Å². The maximum Gasteiger partial charge on any atom is 0.208 e. The molecule has 1 aromatic rings. The van der Waals surface area contributed by atoms with Gasteiger partial charge >= 0.3 is 0 Å². The fourth-order valence-corrected chi connectivity index (χ4v) is 3.23. The summed E-state index contributed by atoms with van der Waals surface area (Å²) in [5, 5.41) is 6.39. The van der Waals surface area contributed by atoms with Crippen molar-refractivity contribution in [2.45, 2.75) is 39.0 Å². The molecule has 0 fully saturated rings. The molecule has 142 valence electrons. The highest BCUT2D eigenvalue weighted by atomic mass is 32.2. The number of benzene rings is 1. The summed E-state index contributed by atoms with van der Waals surface area (Å²) in [6.07, 6.45) is 3.17. The van der Waals surface area contributed by atoms with E-state index in [1.54, 1.807) is 0 Å². The predicted molar refractivity (Wildman–Crippen MR) is 106 cm³/mol. The fourth-order valence-electron chi connectivity index (χ4n) is 2.75. The van der Waals surface area contributed by atoms with Gasteiger partial charge in [0.1, 0.15) is 0 Å². The molecule has 0 radical (unpaired) electrons. The van der Waals surface area contributed by atoms with E-state index in [0.29, 0.717) is 25.6 Å². The molecule has 0 atom stereocenters. The number of nitrogens with one attached hydrogen (secondary N) is 3. The Morgan fingerprint density at radius 2 is 1.68 bits per heavy atom. The molecule has 0 amide bonds. The molecule has 0 spiro atoms. The molecular weight excluding hydrogens is 336 g/mol. The van der Waals surface area contributed by atoms with Crippen LogP contribution in [0.1, 0.15) is 39.2 Å². The minimum absolute atomic E-state index is 0.00855. The van der Waals surface area contributed by atoms with Gasteiger partial charge < -0.3 is 10.6 Å². The summed E-state index contributed by atoms with van der Waals surface area (Å²) >= 11 is 0. The fraction of sp³-hybridized carbons (Fsp3) is 0.611. The van der Waals surface area contributed by atoms with Gasteiger partial charge in [-0.25, -0.2) is 13.1 Å². The van der Waals surface area contributed by atoms with Crippen LogP contribution in [0, 0.1) is 0 Å². The van der Waals surface area contributed by atoms with Crippen molar-refractivity contribution in [3.63, 3.8) is 0 Å². The molecule has 0 saturated heterocycles. The van der Waals surface area contributed by atoms with Gasteiger partial charge in [0, 0.05) is 25.0 Å². The minimum Gasteiger partial charge on any atom is -0.357 e. The highest BCUT2D eigenvalue weighted by Gasteiger charge is 2.28. The number of hydrogen-bond acceptors (Lipinski definition) is 3. The lowest BCUT2D eigenvalue weighted by molar-refractivity contribution is 0.407. The molecule has 0 bridgehead atoms. The number of aliphatic imine (C=N–C) groups is 1. The van der Waals surface area contributed by atoms with Crippen molar-refractivity contribution < 1.29 is 8.42 Å². The van der Waals surface area contributed by atoms with Crippen molar-refractivity contribution in [1.82, 2.24) is 15.4 Å². The standard InChI is InChI=1S/C18H32N4O2S/c1-5-18(6-2,16-11-9-8-10-12-16)15-21-17(19-7-3)20-13-14-22-25(4,23)24/h8-12,22H,5-7,13-15H2,1-4H3,(H2,19,20,21). The van der Waals surface area contributed by atoms with Crippen LogP contribution in [0.15, 0.2) is 35.3 Å². The second kappa shape index (κ2) is 10.4. The van der Waals surface area contributed by atoms with Gasteiger partial charge in [0.05, 0.1) is 12.8 Å². The van der Waals surface area contributed by atoms with Crippen molar-refractivity contribution in [2.75, 3.05) is 32.4 Å². The van der Waals surface area contributed by atoms with Crippen LogP contribution in [0.3, 0.4) is 0 Å². The topological polar surface area (TPSA) is 82.6 Å². The van der Waals surface area contributed by atoms with Gasteiger partial charge in [-0.15, -0.1) is 0 Å². The molecular formula is C18H32N4O2S. The van der Waals surface area contributed by atoms with Crippen molar-refractivity contribution >= 4 is 16.0 Å². The van der Waals surface area contributed by atoms with Gasteiger partial charge in [0.15, 0.2) is 5.96 Å². The van der Waals surface area contributed by atoms with E-state index in [4.69, 9.17) is 4.99 Å². The van der Waals surface area contributed by atoms with E-state index >= 15 is 0 Å². The number of hydrogen-bond donors (Lipinski definition) is 3. The Balaban J connectivity index is 2.79. The molecule has 0 aromatic heterocycles. The number of guanidine groups is 1. The average Bonchev–Trinajstić information content (AvgIpc) is 2.60. The van der Waals surface area contributed by atoms with E-state index in [9.17, 15) is 8.42 Å². The van der Waals surface area contributed by atoms with Gasteiger partial charge in [-0.1, -0.05) is 44.2 Å². The van der Waals surface area contributed by atoms with Crippen molar-refractivity contribution in [3.8, 4) is 0 Å². The molecule has 7 heteroatoms. The number of sulfonamides is 1. The summed E-state index contributed by atoms with van der Waals surface area (Å²) in [5.41, 5.74) is 1.31. The van der Waals surface area contributed by atoms with E-state index in [1.165, 1.54) is 5.56 Å². The average molecular weight is 369 g/mol. The van der Waals surface area contributed by atoms with Gasteiger partial charge in [-0.3, -0.25) is 4.99 Å². The smallest absolute Gasteiger partial charge is 0.208 e. The Morgan fingerprint density at radius 3 is 2.20 bits per heavy atom. The zero-order valence-corrected chi connectivity index (χ0v) is 16.6. The van der Waals surface area contributed by atoms with Crippen molar-refractivity contribution in [1.29, 1.82) is 0 Å². The molecule has 0 aliphatic rings. The van der Waals surface area contributed by atoms with Gasteiger partial charge in [-0.05, 0) is 25.3 Å². The zero-order valence-electron chi connectivity index (χ0n) is 15.8. The zero-order chi connectivity index (χ0) is 18.8. The predicted octanol–water partition coefficient (Wildman–Crippen LogP) is 1.85. The van der Waals surface area contributed by atoms with Crippen LogP contribution >= 0.6 is 0 Å². The van der Waals surface area contributed by atoms with Gasteiger partial charge in [0.25, 0.3) is 0 Å². The lowest BCUT2D eigenvalue weighted by Gasteiger charge is -2.31. The molecule has 0 aliphatic carbocycles. The van der Waals surface area contributed by atoms with Crippen molar-refractivity contribution in [2.24, 2.45) is 4.99 Å². The maximum absolute atomic E-state index is 11.1. The molecule has 6 nitrogen and oxygen atoms in total. The normalized spacial score (nSPS) is 12.9. The van der Waals surface area contributed by atoms with Crippen LogP contribution in [0.2, 0.25) is 0 Å². The first kappa shape index (κ1) is 21.4. The van der Waals surface area contributed by atoms with E-state index in [2.05, 4.69) is 53.5 Å². The third kappa shape index (κ3) is 7.44. The van der Waals surface area contributed by atoms with E-state index in [0.717, 1.165) is 25.6 Å². The summed E-state index contributed by atoms with van der Waals surface area (Å²) in [6.45, 7) is 8.64. The SMILES string of the molecule is CCNC(=NCC(CC)(CC)c1ccccc1)NCCNS(C)(=O)=O.